The Labute approximate surface area is 194 Å². The molecule has 5 rings (SSSR count). The van der Waals surface area contributed by atoms with Gasteiger partial charge >= 0.3 is 0 Å². The van der Waals surface area contributed by atoms with E-state index in [0.717, 1.165) is 16.2 Å². The maximum absolute atomic E-state index is 12.5. The Hall–Kier alpha value is -4.23. The normalized spacial score (nSPS) is 10.8. The monoisotopic (exact) mass is 453 g/mol. The predicted octanol–water partition coefficient (Wildman–Crippen LogP) is 5.31. The number of nitrogens with zero attached hydrogens (tertiary/aromatic N) is 2. The molecular weight excluding hydrogens is 434 g/mol. The summed E-state index contributed by atoms with van der Waals surface area (Å²) in [6.45, 7) is -0.134. The van der Waals surface area contributed by atoms with Crippen molar-refractivity contribution in [3.63, 3.8) is 0 Å². The van der Waals surface area contributed by atoms with Crippen molar-refractivity contribution in [3.05, 3.63) is 108 Å². The van der Waals surface area contributed by atoms with Crippen LogP contribution >= 0.6 is 11.3 Å². The molecule has 0 aliphatic rings. The molecule has 0 saturated carbocycles. The number of thiazole rings is 1. The molecule has 0 radical (unpaired) electrons. The van der Waals surface area contributed by atoms with Gasteiger partial charge in [0.05, 0.1) is 5.69 Å². The van der Waals surface area contributed by atoms with Gasteiger partial charge in [-0.15, -0.1) is 11.3 Å². The number of ketones is 1. The molecule has 0 aliphatic heterocycles. The van der Waals surface area contributed by atoms with E-state index < -0.39 is 0 Å². The van der Waals surface area contributed by atoms with Gasteiger partial charge in [-0.25, -0.2) is 4.98 Å². The minimum Gasteiger partial charge on any atom is -0.484 e. The van der Waals surface area contributed by atoms with Crippen LogP contribution in [-0.4, -0.2) is 27.7 Å². The summed E-state index contributed by atoms with van der Waals surface area (Å²) < 4.78 is 7.55. The van der Waals surface area contributed by atoms with Crippen molar-refractivity contribution in [2.24, 2.45) is 0 Å². The minimum atomic E-state index is -0.269. The van der Waals surface area contributed by atoms with Crippen LogP contribution < -0.4 is 10.1 Å². The number of hydrogen-bond donors (Lipinski definition) is 1. The molecule has 0 fully saturated rings. The molecule has 1 amide bonds. The maximum atomic E-state index is 12.5. The molecule has 162 valence electrons. The average molecular weight is 454 g/mol. The van der Waals surface area contributed by atoms with Crippen LogP contribution in [-0.2, 0) is 4.79 Å². The predicted molar refractivity (Wildman–Crippen MR) is 129 cm³/mol. The number of carbonyl (C=O) groups is 2. The quantitative estimate of drug-likeness (QED) is 0.339. The van der Waals surface area contributed by atoms with Crippen molar-refractivity contribution in [2.45, 2.75) is 0 Å². The Balaban J connectivity index is 1.15. The van der Waals surface area contributed by atoms with E-state index in [-0.39, 0.29) is 18.3 Å². The van der Waals surface area contributed by atoms with Gasteiger partial charge in [0.1, 0.15) is 5.75 Å². The van der Waals surface area contributed by atoms with Crippen molar-refractivity contribution in [3.8, 4) is 17.0 Å². The van der Waals surface area contributed by atoms with Gasteiger partial charge in [-0.3, -0.25) is 14.0 Å². The molecular formula is C26H19N3O3S. The Morgan fingerprint density at radius 1 is 0.909 bits per heavy atom. The molecule has 7 heteroatoms. The van der Waals surface area contributed by atoms with Crippen molar-refractivity contribution in [1.82, 2.24) is 9.38 Å². The number of rotatable bonds is 7. The van der Waals surface area contributed by atoms with E-state index >= 15 is 0 Å². The highest BCUT2D eigenvalue weighted by Crippen LogP contribution is 2.23. The summed E-state index contributed by atoms with van der Waals surface area (Å²) in [5.74, 6) is 0.193. The van der Waals surface area contributed by atoms with Crippen LogP contribution in [0.2, 0.25) is 0 Å². The molecule has 2 heterocycles. The summed E-state index contributed by atoms with van der Waals surface area (Å²) in [7, 11) is 0. The standard InChI is InChI=1S/C26H19N3O3S/c30-24(17-32-22-12-8-20(9-13-22)25(31)19-4-2-1-3-5-19)27-21-10-6-18(7-11-21)23-16-29-14-15-33-26(29)28-23/h1-16H,17H2,(H,27,30). The number of ether oxygens (including phenoxy) is 1. The first-order valence-electron chi connectivity index (χ1n) is 10.3. The average Bonchev–Trinajstić information content (AvgIpc) is 3.46. The van der Waals surface area contributed by atoms with Gasteiger partial charge < -0.3 is 10.1 Å². The number of hydrogen-bond acceptors (Lipinski definition) is 5. The van der Waals surface area contributed by atoms with Gasteiger partial charge in [-0.2, -0.15) is 0 Å². The first-order valence-corrected chi connectivity index (χ1v) is 11.2. The highest BCUT2D eigenvalue weighted by Gasteiger charge is 2.10. The van der Waals surface area contributed by atoms with Gasteiger partial charge in [0.15, 0.2) is 17.4 Å². The molecule has 3 aromatic carbocycles. The molecule has 5 aromatic rings. The molecule has 1 N–H and O–H groups in total. The Bertz CT molecular complexity index is 1380. The fourth-order valence-corrected chi connectivity index (χ4v) is 4.10. The summed E-state index contributed by atoms with van der Waals surface area (Å²) in [5.41, 5.74) is 3.74. The number of imidazole rings is 1. The number of nitrogens with one attached hydrogen (secondary N) is 1. The van der Waals surface area contributed by atoms with E-state index in [4.69, 9.17) is 4.74 Å². The topological polar surface area (TPSA) is 72.7 Å². The van der Waals surface area contributed by atoms with Crippen LogP contribution in [0.15, 0.2) is 96.6 Å². The van der Waals surface area contributed by atoms with Crippen molar-refractivity contribution in [2.75, 3.05) is 11.9 Å². The van der Waals surface area contributed by atoms with Gasteiger partial charge in [-0.1, -0.05) is 42.5 Å². The molecule has 2 aromatic heterocycles. The zero-order valence-corrected chi connectivity index (χ0v) is 18.3. The number of aromatic nitrogens is 2. The highest BCUT2D eigenvalue weighted by molar-refractivity contribution is 7.15. The maximum Gasteiger partial charge on any atom is 0.262 e. The second-order valence-corrected chi connectivity index (χ2v) is 8.23. The fraction of sp³-hybridized carbons (Fsp3) is 0.0385. The summed E-state index contributed by atoms with van der Waals surface area (Å²) in [4.78, 5) is 30.3. The second-order valence-electron chi connectivity index (χ2n) is 7.35. The van der Waals surface area contributed by atoms with Gasteiger partial charge in [0.2, 0.25) is 0 Å². The van der Waals surface area contributed by atoms with Crippen molar-refractivity contribution < 1.29 is 14.3 Å². The number of fused-ring (bicyclic) bond motifs is 1. The second kappa shape index (κ2) is 9.10. The van der Waals surface area contributed by atoms with Crippen LogP contribution in [0.3, 0.4) is 0 Å². The largest absolute Gasteiger partial charge is 0.484 e. The van der Waals surface area contributed by atoms with E-state index in [2.05, 4.69) is 10.3 Å². The Kier molecular flexibility index (Phi) is 5.70. The van der Waals surface area contributed by atoms with Crippen molar-refractivity contribution >= 4 is 33.7 Å². The van der Waals surface area contributed by atoms with Crippen LogP contribution in [0.5, 0.6) is 5.75 Å². The minimum absolute atomic E-state index is 0.0567. The first-order chi connectivity index (χ1) is 16.2. The number of anilines is 1. The Morgan fingerprint density at radius 2 is 1.64 bits per heavy atom. The van der Waals surface area contributed by atoms with Crippen molar-refractivity contribution in [1.29, 1.82) is 0 Å². The SMILES string of the molecule is O=C(COc1ccc(C(=O)c2ccccc2)cc1)Nc1ccc(-c2cn3ccsc3n2)cc1. The lowest BCUT2D eigenvalue weighted by Crippen LogP contribution is -2.20. The molecule has 6 nitrogen and oxygen atoms in total. The fourth-order valence-electron chi connectivity index (χ4n) is 3.40. The molecule has 33 heavy (non-hydrogen) atoms. The van der Waals surface area contributed by atoms with E-state index in [0.29, 0.717) is 22.6 Å². The van der Waals surface area contributed by atoms with Gasteiger partial charge in [0.25, 0.3) is 5.91 Å². The lowest BCUT2D eigenvalue weighted by atomic mass is 10.0. The summed E-state index contributed by atoms with van der Waals surface area (Å²) in [6, 6.07) is 23.4. The highest BCUT2D eigenvalue weighted by atomic mass is 32.1. The summed E-state index contributed by atoms with van der Waals surface area (Å²) in [6.07, 6.45) is 3.95. The molecule has 0 saturated heterocycles. The summed E-state index contributed by atoms with van der Waals surface area (Å²) >= 11 is 1.58. The van der Waals surface area contributed by atoms with E-state index in [1.54, 1.807) is 47.7 Å². The van der Waals surface area contributed by atoms with E-state index in [9.17, 15) is 9.59 Å². The molecule has 0 atom stereocenters. The number of carbonyl (C=O) groups excluding carboxylic acids is 2. The molecule has 0 aliphatic carbocycles. The van der Waals surface area contributed by atoms with E-state index in [1.807, 2.05) is 64.6 Å². The lowest BCUT2D eigenvalue weighted by Gasteiger charge is -2.09. The number of amides is 1. The van der Waals surface area contributed by atoms with Crippen LogP contribution in [0.25, 0.3) is 16.2 Å². The molecule has 0 spiro atoms. The molecule has 0 unspecified atom stereocenters. The van der Waals surface area contributed by atoms with E-state index in [1.165, 1.54) is 0 Å². The zero-order chi connectivity index (χ0) is 22.6. The Morgan fingerprint density at radius 3 is 2.36 bits per heavy atom. The smallest absolute Gasteiger partial charge is 0.262 e. The van der Waals surface area contributed by atoms with Gasteiger partial charge in [-0.05, 0) is 36.4 Å². The number of benzene rings is 3. The third kappa shape index (κ3) is 4.68. The first kappa shape index (κ1) is 20.7. The third-order valence-electron chi connectivity index (χ3n) is 5.08. The van der Waals surface area contributed by atoms with Crippen LogP contribution in [0, 0.1) is 0 Å². The van der Waals surface area contributed by atoms with Gasteiger partial charge in [0, 0.05) is 40.2 Å². The third-order valence-corrected chi connectivity index (χ3v) is 5.85. The van der Waals surface area contributed by atoms with Crippen LogP contribution in [0.4, 0.5) is 5.69 Å². The lowest BCUT2D eigenvalue weighted by molar-refractivity contribution is -0.118. The van der Waals surface area contributed by atoms with Crippen LogP contribution in [0.1, 0.15) is 15.9 Å². The molecule has 0 bridgehead atoms. The summed E-state index contributed by atoms with van der Waals surface area (Å²) in [5, 5.41) is 4.81. The zero-order valence-electron chi connectivity index (χ0n) is 17.5.